The van der Waals surface area contributed by atoms with Crippen LogP contribution in [0.4, 0.5) is 5.69 Å². The Labute approximate surface area is 172 Å². The molecule has 0 N–H and O–H groups in total. The van der Waals surface area contributed by atoms with E-state index in [0.717, 1.165) is 38.3 Å². The maximum atomic E-state index is 9.59. The highest BCUT2D eigenvalue weighted by Crippen LogP contribution is 2.23. The molecule has 5 nitrogen and oxygen atoms in total. The maximum Gasteiger partial charge on any atom is 0.147 e. The molecule has 0 spiro atoms. The van der Waals surface area contributed by atoms with E-state index in [1.807, 2.05) is 25.9 Å². The Morgan fingerprint density at radius 2 is 1.93 bits per heavy atom. The minimum absolute atomic E-state index is 0.345. The van der Waals surface area contributed by atoms with Gasteiger partial charge in [0.1, 0.15) is 16.6 Å². The Hall–Kier alpha value is -2.04. The monoisotopic (exact) mass is 401 g/mol. The van der Waals surface area contributed by atoms with Crippen LogP contribution in [0.3, 0.4) is 0 Å². The highest BCUT2D eigenvalue weighted by atomic mass is 32.2. The summed E-state index contributed by atoms with van der Waals surface area (Å²) in [5.41, 5.74) is 2.65. The second kappa shape index (κ2) is 10.3. The van der Waals surface area contributed by atoms with Gasteiger partial charge < -0.3 is 14.7 Å². The van der Waals surface area contributed by atoms with Crippen LogP contribution in [0.25, 0.3) is 0 Å². The van der Waals surface area contributed by atoms with Gasteiger partial charge in [-0.05, 0) is 43.9 Å². The average Bonchev–Trinajstić information content (AvgIpc) is 2.93. The van der Waals surface area contributed by atoms with Crippen molar-refractivity contribution in [2.45, 2.75) is 18.2 Å². The first-order chi connectivity index (χ1) is 13.0. The fraction of sp³-hybridized carbons (Fsp3) is 0.450. The van der Waals surface area contributed by atoms with Crippen molar-refractivity contribution in [3.63, 3.8) is 0 Å². The molecule has 7 heteroatoms. The van der Waals surface area contributed by atoms with Gasteiger partial charge in [-0.25, -0.2) is 4.99 Å². The van der Waals surface area contributed by atoms with Crippen LogP contribution in [0, 0.1) is 11.3 Å². The average molecular weight is 402 g/mol. The summed E-state index contributed by atoms with van der Waals surface area (Å²) in [6.07, 6.45) is 4.76. The number of benzene rings is 1. The molecule has 1 heterocycles. The van der Waals surface area contributed by atoms with Gasteiger partial charge in [0, 0.05) is 56.6 Å². The van der Waals surface area contributed by atoms with Crippen LogP contribution in [-0.2, 0) is 0 Å². The number of anilines is 1. The molecule has 1 aromatic carbocycles. The standard InChI is InChI=1S/C20H27N5S2/c1-16(19(14-21)20(26)22-15-23(2)3)24-10-5-11-25(13-12-24)17-6-8-18(27-4)9-7-17/h6-9,15H,5,10-13H2,1-4H3. The van der Waals surface area contributed by atoms with E-state index >= 15 is 0 Å². The minimum Gasteiger partial charge on any atom is -0.372 e. The third-order valence-corrected chi connectivity index (χ3v) is 5.55. The van der Waals surface area contributed by atoms with Gasteiger partial charge in [-0.3, -0.25) is 0 Å². The van der Waals surface area contributed by atoms with E-state index < -0.39 is 0 Å². The fourth-order valence-corrected chi connectivity index (χ4v) is 3.63. The van der Waals surface area contributed by atoms with E-state index in [9.17, 15) is 5.26 Å². The lowest BCUT2D eigenvalue weighted by atomic mass is 10.2. The number of nitriles is 1. The first-order valence-electron chi connectivity index (χ1n) is 8.96. The lowest BCUT2D eigenvalue weighted by molar-refractivity contribution is 0.369. The van der Waals surface area contributed by atoms with Gasteiger partial charge in [-0.2, -0.15) is 5.26 Å². The quantitative estimate of drug-likeness (QED) is 0.187. The molecule has 144 valence electrons. The third kappa shape index (κ3) is 5.98. The summed E-state index contributed by atoms with van der Waals surface area (Å²) >= 11 is 7.11. The summed E-state index contributed by atoms with van der Waals surface area (Å²) in [4.78, 5) is 12.3. The number of thiocarbonyl (C=S) groups is 1. The molecular formula is C20H27N5S2. The number of allylic oxidation sites excluding steroid dienone is 1. The van der Waals surface area contributed by atoms with Gasteiger partial charge >= 0.3 is 0 Å². The van der Waals surface area contributed by atoms with E-state index in [1.54, 1.807) is 18.1 Å². The predicted octanol–water partition coefficient (Wildman–Crippen LogP) is 3.64. The van der Waals surface area contributed by atoms with Gasteiger partial charge in [0.15, 0.2) is 0 Å². The Morgan fingerprint density at radius 3 is 2.52 bits per heavy atom. The van der Waals surface area contributed by atoms with Crippen molar-refractivity contribution in [2.75, 3.05) is 51.4 Å². The Bertz CT molecular complexity index is 747. The molecule has 0 radical (unpaired) electrons. The number of nitrogens with zero attached hydrogens (tertiary/aromatic N) is 5. The largest absolute Gasteiger partial charge is 0.372 e. The van der Waals surface area contributed by atoms with Crippen molar-refractivity contribution < 1.29 is 0 Å². The smallest absolute Gasteiger partial charge is 0.147 e. The third-order valence-electron chi connectivity index (χ3n) is 4.50. The summed E-state index contributed by atoms with van der Waals surface area (Å²) in [6, 6.07) is 11.0. The molecule has 1 aliphatic rings. The number of rotatable bonds is 5. The molecule has 27 heavy (non-hydrogen) atoms. The van der Waals surface area contributed by atoms with Gasteiger partial charge in [-0.1, -0.05) is 12.2 Å². The van der Waals surface area contributed by atoms with Crippen molar-refractivity contribution in [3.8, 4) is 6.07 Å². The molecule has 1 aromatic rings. The molecule has 0 atom stereocenters. The molecular weight excluding hydrogens is 374 g/mol. The minimum atomic E-state index is 0.345. The van der Waals surface area contributed by atoms with E-state index in [2.05, 4.69) is 51.4 Å². The Morgan fingerprint density at radius 1 is 1.22 bits per heavy atom. The number of hydrogen-bond donors (Lipinski definition) is 0. The summed E-state index contributed by atoms with van der Waals surface area (Å²) in [5, 5.41) is 9.59. The van der Waals surface area contributed by atoms with Crippen molar-refractivity contribution in [1.29, 1.82) is 5.26 Å². The van der Waals surface area contributed by atoms with E-state index in [4.69, 9.17) is 12.2 Å². The second-order valence-corrected chi connectivity index (χ2v) is 7.88. The topological polar surface area (TPSA) is 45.9 Å². The maximum absolute atomic E-state index is 9.59. The highest BCUT2D eigenvalue weighted by Gasteiger charge is 2.19. The molecule has 0 bridgehead atoms. The van der Waals surface area contributed by atoms with Crippen molar-refractivity contribution >= 4 is 41.0 Å². The van der Waals surface area contributed by atoms with Gasteiger partial charge in [0.2, 0.25) is 0 Å². The summed E-state index contributed by atoms with van der Waals surface area (Å²) in [6.45, 7) is 5.67. The van der Waals surface area contributed by atoms with Crippen molar-refractivity contribution in [3.05, 3.63) is 35.5 Å². The molecule has 2 rings (SSSR count). The molecule has 0 aromatic heterocycles. The zero-order valence-corrected chi connectivity index (χ0v) is 18.1. The van der Waals surface area contributed by atoms with Crippen LogP contribution < -0.4 is 4.90 Å². The predicted molar refractivity (Wildman–Crippen MR) is 120 cm³/mol. The van der Waals surface area contributed by atoms with Gasteiger partial charge in [0.05, 0.1) is 6.34 Å². The number of hydrogen-bond acceptors (Lipinski definition) is 5. The highest BCUT2D eigenvalue weighted by molar-refractivity contribution is 7.98. The molecule has 0 amide bonds. The van der Waals surface area contributed by atoms with E-state index in [1.165, 1.54) is 10.6 Å². The van der Waals surface area contributed by atoms with Crippen molar-refractivity contribution in [2.24, 2.45) is 4.99 Å². The summed E-state index contributed by atoms with van der Waals surface area (Å²) in [5.74, 6) is 0. The van der Waals surface area contributed by atoms with E-state index in [-0.39, 0.29) is 0 Å². The van der Waals surface area contributed by atoms with Crippen LogP contribution in [0.5, 0.6) is 0 Å². The zero-order chi connectivity index (χ0) is 19.8. The number of aliphatic imine (C=N–C) groups is 1. The summed E-state index contributed by atoms with van der Waals surface area (Å²) < 4.78 is 0. The SMILES string of the molecule is CSc1ccc(N2CCCN(C(C)=C(C#N)C(=S)N=CN(C)C)CC2)cc1. The molecule has 0 aliphatic carbocycles. The van der Waals surface area contributed by atoms with Crippen LogP contribution in [-0.4, -0.2) is 67.7 Å². The first-order valence-corrected chi connectivity index (χ1v) is 10.6. The Kier molecular flexibility index (Phi) is 8.14. The molecule has 1 saturated heterocycles. The van der Waals surface area contributed by atoms with Crippen LogP contribution >= 0.6 is 24.0 Å². The molecule has 0 unspecified atom stereocenters. The first kappa shape index (κ1) is 21.3. The lowest BCUT2D eigenvalue weighted by Gasteiger charge is -2.26. The molecule has 1 fully saturated rings. The zero-order valence-electron chi connectivity index (χ0n) is 16.5. The van der Waals surface area contributed by atoms with Crippen molar-refractivity contribution in [1.82, 2.24) is 9.80 Å². The van der Waals surface area contributed by atoms with E-state index in [0.29, 0.717) is 10.6 Å². The fourth-order valence-electron chi connectivity index (χ4n) is 2.98. The van der Waals surface area contributed by atoms with Crippen LogP contribution in [0.1, 0.15) is 13.3 Å². The Balaban J connectivity index is 2.11. The molecule has 0 saturated carbocycles. The summed E-state index contributed by atoms with van der Waals surface area (Å²) in [7, 11) is 3.76. The second-order valence-electron chi connectivity index (χ2n) is 6.61. The van der Waals surface area contributed by atoms with Gasteiger partial charge in [0.25, 0.3) is 0 Å². The van der Waals surface area contributed by atoms with Crippen LogP contribution in [0.15, 0.2) is 45.4 Å². The molecule has 1 aliphatic heterocycles. The van der Waals surface area contributed by atoms with Gasteiger partial charge in [-0.15, -0.1) is 11.8 Å². The normalized spacial score (nSPS) is 16.0. The lowest BCUT2D eigenvalue weighted by Crippen LogP contribution is -2.30. The number of thioether (sulfide) groups is 1. The van der Waals surface area contributed by atoms with Crippen LogP contribution in [0.2, 0.25) is 0 Å².